The lowest BCUT2D eigenvalue weighted by molar-refractivity contribution is -0.389. The topological polar surface area (TPSA) is 108 Å². The number of carbonyl (C=O) groups is 1. The van der Waals surface area contributed by atoms with Crippen LogP contribution in [-0.2, 0) is 13.1 Å². The van der Waals surface area contributed by atoms with Crippen LogP contribution in [0.25, 0.3) is 0 Å². The van der Waals surface area contributed by atoms with Crippen LogP contribution in [0.2, 0.25) is 0 Å². The van der Waals surface area contributed by atoms with Gasteiger partial charge in [-0.05, 0) is 24.8 Å². The Morgan fingerprint density at radius 2 is 2.24 bits per heavy atom. The first kappa shape index (κ1) is 14.7. The number of hydrogen-bond acceptors (Lipinski definition) is 5. The van der Waals surface area contributed by atoms with Crippen LogP contribution in [-0.4, -0.2) is 36.9 Å². The number of nitrogens with one attached hydrogen (secondary N) is 1. The maximum Gasteiger partial charge on any atom is 0.390 e. The molecule has 1 N–H and O–H groups in total. The van der Waals surface area contributed by atoms with Crippen LogP contribution >= 0.6 is 0 Å². The lowest BCUT2D eigenvalue weighted by atomic mass is 10.4. The second kappa shape index (κ2) is 6.16. The molecule has 1 amide bonds. The van der Waals surface area contributed by atoms with Gasteiger partial charge in [0.2, 0.25) is 0 Å². The van der Waals surface area contributed by atoms with E-state index in [-0.39, 0.29) is 11.7 Å². The molecule has 2 heterocycles. The largest absolute Gasteiger partial charge is 0.390 e. The molecule has 0 fully saturated rings. The average Bonchev–Trinajstić information content (AvgIpc) is 3.05. The van der Waals surface area contributed by atoms with Gasteiger partial charge in [0.05, 0.1) is 23.4 Å². The van der Waals surface area contributed by atoms with Gasteiger partial charge in [-0.3, -0.25) is 9.48 Å². The Balaban J connectivity index is 1.92. The van der Waals surface area contributed by atoms with E-state index < -0.39 is 4.92 Å². The summed E-state index contributed by atoms with van der Waals surface area (Å²) in [4.78, 5) is 22.0. The van der Waals surface area contributed by atoms with E-state index in [9.17, 15) is 14.9 Å². The van der Waals surface area contributed by atoms with Crippen LogP contribution in [0.1, 0.15) is 23.1 Å². The van der Waals surface area contributed by atoms with Gasteiger partial charge in [-0.1, -0.05) is 0 Å². The molecule has 0 aliphatic heterocycles. The maximum absolute atomic E-state index is 12.0. The molecule has 21 heavy (non-hydrogen) atoms. The molecule has 0 atom stereocenters. The zero-order valence-corrected chi connectivity index (χ0v) is 11.8. The predicted molar refractivity (Wildman–Crippen MR) is 73.9 cm³/mol. The Morgan fingerprint density at radius 1 is 1.48 bits per heavy atom. The van der Waals surface area contributed by atoms with Gasteiger partial charge in [0.25, 0.3) is 5.91 Å². The normalized spacial score (nSPS) is 10.6. The van der Waals surface area contributed by atoms with E-state index in [4.69, 9.17) is 0 Å². The first-order valence-electron chi connectivity index (χ1n) is 6.51. The van der Waals surface area contributed by atoms with E-state index in [0.717, 1.165) is 0 Å². The molecule has 0 radical (unpaired) electrons. The molecule has 0 bridgehead atoms. The molecule has 0 aromatic carbocycles. The number of carbonyl (C=O) groups excluding carboxylic acids is 1. The van der Waals surface area contributed by atoms with Gasteiger partial charge >= 0.3 is 5.82 Å². The second-order valence-corrected chi connectivity index (χ2v) is 4.41. The Morgan fingerprint density at radius 3 is 2.86 bits per heavy atom. The van der Waals surface area contributed by atoms with Crippen molar-refractivity contribution in [2.75, 3.05) is 6.54 Å². The average molecular weight is 292 g/mol. The van der Waals surface area contributed by atoms with Crippen molar-refractivity contribution >= 4 is 11.7 Å². The molecule has 0 saturated carbocycles. The van der Waals surface area contributed by atoms with E-state index in [1.54, 1.807) is 23.9 Å². The highest BCUT2D eigenvalue weighted by atomic mass is 16.6. The monoisotopic (exact) mass is 292 g/mol. The summed E-state index contributed by atoms with van der Waals surface area (Å²) in [6.07, 6.45) is 1.57. The number of aromatic nitrogens is 4. The number of nitro groups is 1. The molecule has 9 nitrogen and oxygen atoms in total. The number of nitrogens with zero attached hydrogens (tertiary/aromatic N) is 5. The fraction of sp³-hybridized carbons (Fsp3) is 0.417. The van der Waals surface area contributed by atoms with Crippen molar-refractivity contribution in [2.45, 2.75) is 26.9 Å². The maximum atomic E-state index is 12.0. The predicted octanol–water partition coefficient (Wildman–Crippen LogP) is 0.746. The van der Waals surface area contributed by atoms with Crippen molar-refractivity contribution in [3.05, 3.63) is 39.8 Å². The summed E-state index contributed by atoms with van der Waals surface area (Å²) in [7, 11) is 0. The molecule has 0 spiro atoms. The fourth-order valence-corrected chi connectivity index (χ4v) is 1.95. The summed E-state index contributed by atoms with van der Waals surface area (Å²) >= 11 is 0. The lowest BCUT2D eigenvalue weighted by Gasteiger charge is -2.06. The summed E-state index contributed by atoms with van der Waals surface area (Å²) in [6.45, 7) is 4.93. The smallest absolute Gasteiger partial charge is 0.358 e. The van der Waals surface area contributed by atoms with Crippen molar-refractivity contribution in [3.63, 3.8) is 0 Å². The van der Waals surface area contributed by atoms with Crippen molar-refractivity contribution in [1.29, 1.82) is 0 Å². The highest BCUT2D eigenvalue weighted by Gasteiger charge is 2.15. The number of rotatable bonds is 6. The van der Waals surface area contributed by atoms with Crippen molar-refractivity contribution in [2.24, 2.45) is 0 Å². The van der Waals surface area contributed by atoms with Gasteiger partial charge in [-0.15, -0.1) is 0 Å². The third kappa shape index (κ3) is 3.25. The molecule has 112 valence electrons. The van der Waals surface area contributed by atoms with Crippen molar-refractivity contribution in [1.82, 2.24) is 24.9 Å². The summed E-state index contributed by atoms with van der Waals surface area (Å²) in [5.74, 6) is -0.420. The van der Waals surface area contributed by atoms with E-state index >= 15 is 0 Å². The van der Waals surface area contributed by atoms with Crippen LogP contribution in [0.4, 0.5) is 5.82 Å². The van der Waals surface area contributed by atoms with Gasteiger partial charge in [0.1, 0.15) is 5.69 Å². The third-order valence-corrected chi connectivity index (χ3v) is 3.01. The Labute approximate surface area is 120 Å². The summed E-state index contributed by atoms with van der Waals surface area (Å²) in [5, 5.41) is 21.2. The third-order valence-electron chi connectivity index (χ3n) is 3.01. The highest BCUT2D eigenvalue weighted by Crippen LogP contribution is 2.10. The number of aryl methyl sites for hydroxylation is 2. The molecular formula is C12H16N6O3. The molecular weight excluding hydrogens is 276 g/mol. The number of hydrogen-bond donors (Lipinski definition) is 1. The first-order chi connectivity index (χ1) is 10.0. The lowest BCUT2D eigenvalue weighted by Crippen LogP contribution is -2.29. The van der Waals surface area contributed by atoms with Crippen LogP contribution in [0, 0.1) is 17.0 Å². The molecule has 0 aliphatic rings. The van der Waals surface area contributed by atoms with Gasteiger partial charge in [0.15, 0.2) is 0 Å². The first-order valence-corrected chi connectivity index (χ1v) is 6.51. The van der Waals surface area contributed by atoms with Crippen molar-refractivity contribution < 1.29 is 9.72 Å². The zero-order chi connectivity index (χ0) is 15.4. The summed E-state index contributed by atoms with van der Waals surface area (Å²) in [6, 6.07) is 3.04. The van der Waals surface area contributed by atoms with Crippen LogP contribution < -0.4 is 5.32 Å². The van der Waals surface area contributed by atoms with Gasteiger partial charge in [0, 0.05) is 19.3 Å². The van der Waals surface area contributed by atoms with Crippen LogP contribution in [0.5, 0.6) is 0 Å². The zero-order valence-electron chi connectivity index (χ0n) is 11.8. The highest BCUT2D eigenvalue weighted by molar-refractivity contribution is 5.92. The Hall–Kier alpha value is -2.71. The van der Waals surface area contributed by atoms with E-state index in [1.807, 2.05) is 6.92 Å². The van der Waals surface area contributed by atoms with E-state index in [2.05, 4.69) is 15.5 Å². The Kier molecular flexibility index (Phi) is 4.31. The molecule has 2 rings (SSSR count). The van der Waals surface area contributed by atoms with Gasteiger partial charge < -0.3 is 15.4 Å². The molecule has 2 aromatic heterocycles. The molecule has 2 aromatic rings. The van der Waals surface area contributed by atoms with Gasteiger partial charge in [-0.2, -0.15) is 9.78 Å². The minimum atomic E-state index is -0.540. The van der Waals surface area contributed by atoms with E-state index in [1.165, 1.54) is 10.7 Å². The molecule has 0 saturated heterocycles. The summed E-state index contributed by atoms with van der Waals surface area (Å²) < 4.78 is 3.09. The van der Waals surface area contributed by atoms with Crippen molar-refractivity contribution in [3.8, 4) is 0 Å². The quantitative estimate of drug-likeness (QED) is 0.624. The molecule has 0 aliphatic carbocycles. The minimum Gasteiger partial charge on any atom is -0.358 e. The SMILES string of the molecule is CCn1nccc1C(=O)NCCn1nc([N+](=O)[O-])cc1C. The second-order valence-electron chi connectivity index (χ2n) is 4.41. The molecule has 9 heteroatoms. The fourth-order valence-electron chi connectivity index (χ4n) is 1.95. The standard InChI is InChI=1S/C12H16N6O3/c1-3-16-10(4-5-14-16)12(19)13-6-7-17-9(2)8-11(15-17)18(20)21/h4-5,8H,3,6-7H2,1-2H3,(H,13,19). The summed E-state index contributed by atoms with van der Waals surface area (Å²) in [5.41, 5.74) is 1.16. The number of amides is 1. The Bertz CT molecular complexity index is 660. The van der Waals surface area contributed by atoms with Crippen LogP contribution in [0.3, 0.4) is 0 Å². The van der Waals surface area contributed by atoms with Crippen LogP contribution in [0.15, 0.2) is 18.3 Å². The van der Waals surface area contributed by atoms with Gasteiger partial charge in [-0.25, -0.2) is 0 Å². The van der Waals surface area contributed by atoms with E-state index in [0.29, 0.717) is 31.0 Å². The minimum absolute atomic E-state index is 0.192. The molecule has 0 unspecified atom stereocenters.